The van der Waals surface area contributed by atoms with E-state index in [2.05, 4.69) is 0 Å². The summed E-state index contributed by atoms with van der Waals surface area (Å²) in [4.78, 5) is 27.3. The molecule has 1 unspecified atom stereocenters. The van der Waals surface area contributed by atoms with Crippen molar-refractivity contribution >= 4 is 23.4 Å². The topological polar surface area (TPSA) is 40.6 Å². The quantitative estimate of drug-likeness (QED) is 0.839. The van der Waals surface area contributed by atoms with Crippen LogP contribution in [0.15, 0.2) is 18.2 Å². The summed E-state index contributed by atoms with van der Waals surface area (Å²) >= 11 is 5.80. The standard InChI is InChI=1S/C14H16ClFN2O2/c1-17(2)14(20)12-4-3-7-18(12)13(19)10-8-9(15)5-6-11(10)16/h5-6,8,12H,3-4,7H2,1-2H3. The number of likely N-dealkylation sites (tertiary alicyclic amines) is 1. The zero-order valence-corrected chi connectivity index (χ0v) is 12.2. The number of amides is 2. The predicted molar refractivity (Wildman–Crippen MR) is 74.2 cm³/mol. The molecular formula is C14H16ClFN2O2. The monoisotopic (exact) mass is 298 g/mol. The molecule has 1 saturated heterocycles. The van der Waals surface area contributed by atoms with E-state index in [1.807, 2.05) is 0 Å². The van der Waals surface area contributed by atoms with Crippen LogP contribution in [0, 0.1) is 5.82 Å². The number of rotatable bonds is 2. The maximum atomic E-state index is 13.8. The van der Waals surface area contributed by atoms with Crippen molar-refractivity contribution in [3.8, 4) is 0 Å². The van der Waals surface area contributed by atoms with Crippen molar-refractivity contribution in [1.82, 2.24) is 9.80 Å². The molecule has 1 aliphatic rings. The first-order chi connectivity index (χ1) is 9.41. The molecule has 2 rings (SSSR count). The molecule has 1 aliphatic heterocycles. The van der Waals surface area contributed by atoms with Crippen molar-refractivity contribution in [2.24, 2.45) is 0 Å². The maximum absolute atomic E-state index is 13.8. The molecule has 0 saturated carbocycles. The van der Waals surface area contributed by atoms with Gasteiger partial charge in [-0.2, -0.15) is 0 Å². The molecule has 6 heteroatoms. The molecule has 20 heavy (non-hydrogen) atoms. The smallest absolute Gasteiger partial charge is 0.257 e. The second kappa shape index (κ2) is 5.79. The highest BCUT2D eigenvalue weighted by molar-refractivity contribution is 6.31. The van der Waals surface area contributed by atoms with Crippen molar-refractivity contribution in [3.05, 3.63) is 34.6 Å². The van der Waals surface area contributed by atoms with Gasteiger partial charge in [0.05, 0.1) is 5.56 Å². The Hall–Kier alpha value is -1.62. The number of carbonyl (C=O) groups is 2. The van der Waals surface area contributed by atoms with Crippen LogP contribution in [0.25, 0.3) is 0 Å². The number of halogens is 2. The first kappa shape index (κ1) is 14.8. The van der Waals surface area contributed by atoms with Crippen LogP contribution in [0.5, 0.6) is 0 Å². The lowest BCUT2D eigenvalue weighted by Crippen LogP contribution is -2.45. The van der Waals surface area contributed by atoms with Gasteiger partial charge in [-0.15, -0.1) is 0 Å². The Balaban J connectivity index is 2.28. The van der Waals surface area contributed by atoms with E-state index >= 15 is 0 Å². The SMILES string of the molecule is CN(C)C(=O)C1CCCN1C(=O)c1cc(Cl)ccc1F. The molecule has 2 amide bonds. The van der Waals surface area contributed by atoms with E-state index in [0.29, 0.717) is 18.0 Å². The molecule has 1 fully saturated rings. The highest BCUT2D eigenvalue weighted by atomic mass is 35.5. The number of benzene rings is 1. The van der Waals surface area contributed by atoms with E-state index in [-0.39, 0.29) is 11.5 Å². The van der Waals surface area contributed by atoms with Gasteiger partial charge in [-0.05, 0) is 31.0 Å². The van der Waals surface area contributed by atoms with E-state index in [1.54, 1.807) is 14.1 Å². The molecule has 108 valence electrons. The molecular weight excluding hydrogens is 283 g/mol. The van der Waals surface area contributed by atoms with Gasteiger partial charge in [0.2, 0.25) is 5.91 Å². The number of nitrogens with zero attached hydrogens (tertiary/aromatic N) is 2. The Kier molecular flexibility index (Phi) is 4.28. The Bertz CT molecular complexity index is 548. The summed E-state index contributed by atoms with van der Waals surface area (Å²) in [6.07, 6.45) is 1.34. The van der Waals surface area contributed by atoms with E-state index < -0.39 is 17.8 Å². The van der Waals surface area contributed by atoms with Crippen molar-refractivity contribution in [2.45, 2.75) is 18.9 Å². The average Bonchev–Trinajstić information content (AvgIpc) is 2.88. The van der Waals surface area contributed by atoms with Crippen molar-refractivity contribution in [3.63, 3.8) is 0 Å². The summed E-state index contributed by atoms with van der Waals surface area (Å²) in [5, 5.41) is 0.296. The van der Waals surface area contributed by atoms with Crippen LogP contribution in [0.1, 0.15) is 23.2 Å². The van der Waals surface area contributed by atoms with Crippen LogP contribution in [0.2, 0.25) is 5.02 Å². The Morgan fingerprint density at radius 3 is 2.75 bits per heavy atom. The summed E-state index contributed by atoms with van der Waals surface area (Å²) in [5.41, 5.74) is -0.0871. The first-order valence-corrected chi connectivity index (χ1v) is 6.77. The fraction of sp³-hybridized carbons (Fsp3) is 0.429. The third kappa shape index (κ3) is 2.77. The molecule has 1 heterocycles. The van der Waals surface area contributed by atoms with E-state index in [1.165, 1.54) is 21.9 Å². The number of likely N-dealkylation sites (N-methyl/N-ethyl adjacent to an activating group) is 1. The summed E-state index contributed by atoms with van der Waals surface area (Å²) in [5.74, 6) is -1.25. The Labute approximate surface area is 122 Å². The molecule has 0 radical (unpaired) electrons. The van der Waals surface area contributed by atoms with Crippen molar-refractivity contribution in [2.75, 3.05) is 20.6 Å². The van der Waals surface area contributed by atoms with E-state index in [9.17, 15) is 14.0 Å². The summed E-state index contributed by atoms with van der Waals surface area (Å²) in [6.45, 7) is 0.453. The molecule has 0 aromatic heterocycles. The zero-order valence-electron chi connectivity index (χ0n) is 11.4. The number of carbonyl (C=O) groups excluding carboxylic acids is 2. The highest BCUT2D eigenvalue weighted by Crippen LogP contribution is 2.24. The van der Waals surface area contributed by atoms with Gasteiger partial charge >= 0.3 is 0 Å². The van der Waals surface area contributed by atoms with Gasteiger partial charge in [0.1, 0.15) is 11.9 Å². The van der Waals surface area contributed by atoms with E-state index in [4.69, 9.17) is 11.6 Å². The number of hydrogen-bond donors (Lipinski definition) is 0. The summed E-state index contributed by atoms with van der Waals surface area (Å²) in [7, 11) is 3.28. The minimum atomic E-state index is -0.623. The fourth-order valence-electron chi connectivity index (χ4n) is 2.38. The molecule has 1 aromatic carbocycles. The summed E-state index contributed by atoms with van der Waals surface area (Å²) in [6, 6.07) is 3.33. The van der Waals surface area contributed by atoms with E-state index in [0.717, 1.165) is 12.5 Å². The molecule has 1 atom stereocenters. The highest BCUT2D eigenvalue weighted by Gasteiger charge is 2.36. The first-order valence-electron chi connectivity index (χ1n) is 6.39. The largest absolute Gasteiger partial charge is 0.347 e. The van der Waals surface area contributed by atoms with Gasteiger partial charge in [0, 0.05) is 25.7 Å². The van der Waals surface area contributed by atoms with Crippen molar-refractivity contribution in [1.29, 1.82) is 0 Å². The van der Waals surface area contributed by atoms with Gasteiger partial charge in [-0.3, -0.25) is 9.59 Å². The van der Waals surface area contributed by atoms with Gasteiger partial charge < -0.3 is 9.80 Å². The van der Waals surface area contributed by atoms with Gasteiger partial charge in [0.15, 0.2) is 0 Å². The lowest BCUT2D eigenvalue weighted by atomic mass is 10.1. The third-order valence-corrected chi connectivity index (χ3v) is 3.63. The second-order valence-corrected chi connectivity index (χ2v) is 5.45. The maximum Gasteiger partial charge on any atom is 0.257 e. The van der Waals surface area contributed by atoms with Crippen LogP contribution in [0.3, 0.4) is 0 Å². The second-order valence-electron chi connectivity index (χ2n) is 5.01. The zero-order chi connectivity index (χ0) is 14.9. The summed E-state index contributed by atoms with van der Waals surface area (Å²) < 4.78 is 13.8. The Morgan fingerprint density at radius 1 is 1.40 bits per heavy atom. The predicted octanol–water partition coefficient (Wildman–Crippen LogP) is 2.17. The van der Waals surface area contributed by atoms with Crippen LogP contribution < -0.4 is 0 Å². The molecule has 0 spiro atoms. The normalized spacial score (nSPS) is 18.2. The molecule has 0 bridgehead atoms. The minimum Gasteiger partial charge on any atom is -0.347 e. The molecule has 1 aromatic rings. The minimum absolute atomic E-state index is 0.0871. The lowest BCUT2D eigenvalue weighted by Gasteiger charge is -2.26. The van der Waals surface area contributed by atoms with Gasteiger partial charge in [-0.25, -0.2) is 4.39 Å². The fourth-order valence-corrected chi connectivity index (χ4v) is 2.55. The lowest BCUT2D eigenvalue weighted by molar-refractivity contribution is -0.132. The molecule has 4 nitrogen and oxygen atoms in total. The molecule has 0 aliphatic carbocycles. The Morgan fingerprint density at radius 2 is 2.10 bits per heavy atom. The van der Waals surface area contributed by atoms with Crippen molar-refractivity contribution < 1.29 is 14.0 Å². The molecule has 0 N–H and O–H groups in total. The van der Waals surface area contributed by atoms with Crippen LogP contribution in [0.4, 0.5) is 4.39 Å². The average molecular weight is 299 g/mol. The van der Waals surface area contributed by atoms with Gasteiger partial charge in [0.25, 0.3) is 5.91 Å². The van der Waals surface area contributed by atoms with Crippen LogP contribution in [-0.4, -0.2) is 48.3 Å². The van der Waals surface area contributed by atoms with Gasteiger partial charge in [-0.1, -0.05) is 11.6 Å². The number of hydrogen-bond acceptors (Lipinski definition) is 2. The van der Waals surface area contributed by atoms with Crippen LogP contribution >= 0.6 is 11.6 Å². The van der Waals surface area contributed by atoms with Crippen LogP contribution in [-0.2, 0) is 4.79 Å². The third-order valence-electron chi connectivity index (χ3n) is 3.40.